The number of carbonyl (C=O) groups is 2. The van der Waals surface area contributed by atoms with E-state index in [2.05, 4.69) is 19.8 Å². The van der Waals surface area contributed by atoms with Crippen LogP contribution in [0.15, 0.2) is 24.3 Å². The van der Waals surface area contributed by atoms with Gasteiger partial charge in [-0.25, -0.2) is 4.79 Å². The summed E-state index contributed by atoms with van der Waals surface area (Å²) in [5.74, 6) is 1.06. The predicted molar refractivity (Wildman–Crippen MR) is 103 cm³/mol. The highest BCUT2D eigenvalue weighted by atomic mass is 16.5. The number of carbonyl (C=O) groups excluding carboxylic acids is 2. The number of Topliss-reactive ketones (excluding diaryl/α,β-unsaturated/α-hetero) is 1. The fourth-order valence-corrected chi connectivity index (χ4v) is 3.88. The number of fused-ring (bicyclic) bond motifs is 1. The van der Waals surface area contributed by atoms with Gasteiger partial charge in [0.2, 0.25) is 0 Å². The number of ether oxygens (including phenoxy) is 2. The molecule has 0 aliphatic carbocycles. The molecule has 0 unspecified atom stereocenters. The van der Waals surface area contributed by atoms with Gasteiger partial charge >= 0.3 is 5.97 Å². The lowest BCUT2D eigenvalue weighted by Gasteiger charge is -2.44. The number of esters is 1. The molecular weight excluding hydrogens is 358 g/mol. The molecule has 2 aromatic rings. The minimum Gasteiger partial charge on any atom is -0.486 e. The second-order valence-corrected chi connectivity index (χ2v) is 7.57. The normalized spacial score (nSPS) is 17.8. The van der Waals surface area contributed by atoms with Crippen LogP contribution in [0, 0.1) is 13.8 Å². The molecule has 0 radical (unpaired) electrons. The Morgan fingerprint density at radius 1 is 1.14 bits per heavy atom. The molecule has 0 atom stereocenters. The van der Waals surface area contributed by atoms with Gasteiger partial charge < -0.3 is 14.4 Å². The van der Waals surface area contributed by atoms with Gasteiger partial charge in [0, 0.05) is 25.9 Å². The van der Waals surface area contributed by atoms with Crippen LogP contribution in [0.3, 0.4) is 0 Å². The van der Waals surface area contributed by atoms with Gasteiger partial charge in [0.1, 0.15) is 11.4 Å². The van der Waals surface area contributed by atoms with E-state index in [1.54, 1.807) is 12.1 Å². The van der Waals surface area contributed by atoms with Gasteiger partial charge in [0.05, 0.1) is 19.1 Å². The zero-order valence-electron chi connectivity index (χ0n) is 16.3. The van der Waals surface area contributed by atoms with E-state index in [-0.39, 0.29) is 11.5 Å². The lowest BCUT2D eigenvalue weighted by atomic mass is 9.82. The first kappa shape index (κ1) is 18.4. The standard InChI is InChI=1S/C21H23N3O4/c1-13-10-15-17(25)12-21(28-18(15)11-14(13)2)6-8-24(9-7-21)19-5-4-16(22-23-19)20(26)27-3/h4-5,10-11H,6-9,12H2,1-3H3. The lowest BCUT2D eigenvalue weighted by molar-refractivity contribution is 0.0230. The summed E-state index contributed by atoms with van der Waals surface area (Å²) in [6.45, 7) is 5.46. The van der Waals surface area contributed by atoms with E-state index < -0.39 is 11.6 Å². The Balaban J connectivity index is 1.48. The summed E-state index contributed by atoms with van der Waals surface area (Å²) in [5.41, 5.74) is 2.66. The molecule has 1 spiro atoms. The van der Waals surface area contributed by atoms with Crippen LogP contribution in [0.25, 0.3) is 0 Å². The summed E-state index contributed by atoms with van der Waals surface area (Å²) in [4.78, 5) is 26.3. The zero-order valence-corrected chi connectivity index (χ0v) is 16.3. The van der Waals surface area contributed by atoms with Gasteiger partial charge in [-0.15, -0.1) is 10.2 Å². The van der Waals surface area contributed by atoms with Crippen LogP contribution in [-0.4, -0.2) is 47.8 Å². The number of hydrogen-bond donors (Lipinski definition) is 0. The number of aromatic nitrogens is 2. The van der Waals surface area contributed by atoms with Crippen molar-refractivity contribution in [2.75, 3.05) is 25.1 Å². The van der Waals surface area contributed by atoms with Gasteiger partial charge in [0.25, 0.3) is 0 Å². The summed E-state index contributed by atoms with van der Waals surface area (Å²) >= 11 is 0. The minimum atomic E-state index is -0.505. The van der Waals surface area contributed by atoms with Gasteiger partial charge in [-0.3, -0.25) is 4.79 Å². The maximum atomic E-state index is 12.7. The van der Waals surface area contributed by atoms with Crippen LogP contribution in [-0.2, 0) is 4.74 Å². The Hall–Kier alpha value is -2.96. The second-order valence-electron chi connectivity index (χ2n) is 7.57. The Morgan fingerprint density at radius 2 is 1.86 bits per heavy atom. The van der Waals surface area contributed by atoms with Crippen LogP contribution in [0.5, 0.6) is 5.75 Å². The maximum Gasteiger partial charge on any atom is 0.358 e. The Labute approximate surface area is 163 Å². The predicted octanol–water partition coefficient (Wildman–Crippen LogP) is 2.88. The Kier molecular flexibility index (Phi) is 4.53. The number of methoxy groups -OCH3 is 1. The highest BCUT2D eigenvalue weighted by molar-refractivity contribution is 6.00. The van der Waals surface area contributed by atoms with Crippen molar-refractivity contribution in [3.63, 3.8) is 0 Å². The molecule has 1 saturated heterocycles. The number of hydrogen-bond acceptors (Lipinski definition) is 7. The molecule has 3 heterocycles. The zero-order chi connectivity index (χ0) is 19.9. The topological polar surface area (TPSA) is 81.6 Å². The van der Waals surface area contributed by atoms with Crippen LogP contribution >= 0.6 is 0 Å². The van der Waals surface area contributed by atoms with E-state index in [0.29, 0.717) is 36.6 Å². The average molecular weight is 381 g/mol. The van der Waals surface area contributed by atoms with Crippen molar-refractivity contribution in [1.29, 1.82) is 0 Å². The summed E-state index contributed by atoms with van der Waals surface area (Å²) in [6.07, 6.45) is 1.86. The number of rotatable bonds is 2. The van der Waals surface area contributed by atoms with Crippen molar-refractivity contribution in [3.05, 3.63) is 46.6 Å². The molecule has 28 heavy (non-hydrogen) atoms. The molecule has 4 rings (SSSR count). The third kappa shape index (κ3) is 3.21. The quantitative estimate of drug-likeness (QED) is 0.740. The molecule has 7 nitrogen and oxygen atoms in total. The molecule has 2 aliphatic heterocycles. The van der Waals surface area contributed by atoms with Crippen LogP contribution in [0.2, 0.25) is 0 Å². The van der Waals surface area contributed by atoms with E-state index in [0.717, 1.165) is 24.0 Å². The highest BCUT2D eigenvalue weighted by Crippen LogP contribution is 2.40. The summed E-state index contributed by atoms with van der Waals surface area (Å²) in [5, 5.41) is 8.08. The molecular formula is C21H23N3O4. The highest BCUT2D eigenvalue weighted by Gasteiger charge is 2.43. The Morgan fingerprint density at radius 3 is 2.50 bits per heavy atom. The smallest absolute Gasteiger partial charge is 0.358 e. The SMILES string of the molecule is COC(=O)c1ccc(N2CCC3(CC2)CC(=O)c2cc(C)c(C)cc2O3)nn1. The number of piperidine rings is 1. The first-order valence-electron chi connectivity index (χ1n) is 9.41. The molecule has 1 aromatic carbocycles. The van der Waals surface area contributed by atoms with E-state index in [1.807, 2.05) is 26.0 Å². The lowest BCUT2D eigenvalue weighted by Crippen LogP contribution is -2.51. The van der Waals surface area contributed by atoms with Gasteiger partial charge in [-0.1, -0.05) is 0 Å². The molecule has 146 valence electrons. The molecule has 0 saturated carbocycles. The van der Waals surface area contributed by atoms with Gasteiger partial charge in [0.15, 0.2) is 17.3 Å². The molecule has 0 bridgehead atoms. The van der Waals surface area contributed by atoms with Crippen LogP contribution < -0.4 is 9.64 Å². The number of nitrogens with zero attached hydrogens (tertiary/aromatic N) is 3. The van der Waals surface area contributed by atoms with Crippen LogP contribution in [0.4, 0.5) is 5.82 Å². The summed E-state index contributed by atoms with van der Waals surface area (Å²) in [6, 6.07) is 7.30. The maximum absolute atomic E-state index is 12.7. The molecule has 2 aliphatic rings. The van der Waals surface area contributed by atoms with E-state index in [9.17, 15) is 9.59 Å². The largest absolute Gasteiger partial charge is 0.486 e. The first-order chi connectivity index (χ1) is 13.4. The first-order valence-corrected chi connectivity index (χ1v) is 9.41. The van der Waals surface area contributed by atoms with Crippen molar-refractivity contribution in [1.82, 2.24) is 10.2 Å². The number of ketones is 1. The van der Waals surface area contributed by atoms with Crippen molar-refractivity contribution in [2.45, 2.75) is 38.7 Å². The third-order valence-electron chi connectivity index (χ3n) is 5.75. The molecule has 1 fully saturated rings. The van der Waals surface area contributed by atoms with Crippen molar-refractivity contribution in [3.8, 4) is 5.75 Å². The number of aryl methyl sites for hydroxylation is 2. The average Bonchev–Trinajstić information content (AvgIpc) is 2.70. The van der Waals surface area contributed by atoms with Crippen molar-refractivity contribution < 1.29 is 19.1 Å². The third-order valence-corrected chi connectivity index (χ3v) is 5.75. The molecule has 1 aromatic heterocycles. The van der Waals surface area contributed by atoms with Gasteiger partial charge in [-0.05, 0) is 49.2 Å². The second kappa shape index (κ2) is 6.89. The molecule has 7 heteroatoms. The monoisotopic (exact) mass is 381 g/mol. The van der Waals surface area contributed by atoms with Crippen LogP contribution in [0.1, 0.15) is 51.2 Å². The van der Waals surface area contributed by atoms with Crippen molar-refractivity contribution in [2.24, 2.45) is 0 Å². The van der Waals surface area contributed by atoms with E-state index >= 15 is 0 Å². The minimum absolute atomic E-state index is 0.153. The summed E-state index contributed by atoms with van der Waals surface area (Å²) < 4.78 is 11.0. The number of anilines is 1. The fraction of sp³-hybridized carbons (Fsp3) is 0.429. The summed E-state index contributed by atoms with van der Waals surface area (Å²) in [7, 11) is 1.31. The fourth-order valence-electron chi connectivity index (χ4n) is 3.88. The van der Waals surface area contributed by atoms with E-state index in [1.165, 1.54) is 7.11 Å². The molecule has 0 amide bonds. The Bertz CT molecular complexity index is 931. The van der Waals surface area contributed by atoms with Crippen molar-refractivity contribution >= 4 is 17.6 Å². The number of benzene rings is 1. The van der Waals surface area contributed by atoms with E-state index in [4.69, 9.17) is 4.74 Å². The van der Waals surface area contributed by atoms with Gasteiger partial charge in [-0.2, -0.15) is 0 Å². The molecule has 0 N–H and O–H groups in total.